The molecule has 1 heterocycles. The highest BCUT2D eigenvalue weighted by atomic mass is 35.5. The van der Waals surface area contributed by atoms with Gasteiger partial charge in [-0.1, -0.05) is 11.6 Å². The summed E-state index contributed by atoms with van der Waals surface area (Å²) in [7, 11) is 0. The number of carboxylic acid groups (broad SMARTS) is 1. The van der Waals surface area contributed by atoms with Crippen LogP contribution in [0.2, 0.25) is 5.02 Å². The molecule has 2 rings (SSSR count). The van der Waals surface area contributed by atoms with E-state index in [4.69, 9.17) is 16.7 Å². The zero-order valence-electron chi connectivity index (χ0n) is 10.7. The number of carbonyl (C=O) groups excluding carboxylic acids is 1. The monoisotopic (exact) mass is 298 g/mol. The van der Waals surface area contributed by atoms with Crippen molar-refractivity contribution in [3.63, 3.8) is 0 Å². The molecule has 3 N–H and O–H groups in total. The van der Waals surface area contributed by atoms with E-state index in [1.807, 2.05) is 0 Å². The van der Waals surface area contributed by atoms with Crippen molar-refractivity contribution >= 4 is 29.3 Å². The maximum Gasteiger partial charge on any atom is 0.337 e. The number of carbonyl (C=O) groups is 2. The summed E-state index contributed by atoms with van der Waals surface area (Å²) < 4.78 is 0. The Bertz CT molecular complexity index is 535. The molecule has 1 unspecified atom stereocenters. The molecule has 1 saturated heterocycles. The van der Waals surface area contributed by atoms with Gasteiger partial charge in [-0.2, -0.15) is 0 Å². The van der Waals surface area contributed by atoms with Gasteiger partial charge in [-0.25, -0.2) is 9.59 Å². The third-order valence-electron chi connectivity index (χ3n) is 3.14. The van der Waals surface area contributed by atoms with Crippen molar-refractivity contribution in [2.24, 2.45) is 0 Å². The van der Waals surface area contributed by atoms with Crippen LogP contribution in [0.3, 0.4) is 0 Å². The number of aliphatic hydroxyl groups excluding tert-OH is 1. The highest BCUT2D eigenvalue weighted by molar-refractivity contribution is 6.31. The largest absolute Gasteiger partial charge is 0.478 e. The number of β-amino-alcohol motifs (C(OH)–C–C–N with tert-alkyl or cyclic N) is 1. The first-order valence-electron chi connectivity index (χ1n) is 6.24. The number of likely N-dealkylation sites (tertiary alicyclic amines) is 1. The Labute approximate surface area is 121 Å². The predicted molar refractivity (Wildman–Crippen MR) is 74.2 cm³/mol. The maximum atomic E-state index is 12.1. The van der Waals surface area contributed by atoms with Crippen molar-refractivity contribution in [1.29, 1.82) is 0 Å². The van der Waals surface area contributed by atoms with Crippen LogP contribution in [0.25, 0.3) is 0 Å². The van der Waals surface area contributed by atoms with E-state index in [0.717, 1.165) is 6.42 Å². The molecular weight excluding hydrogens is 284 g/mol. The minimum Gasteiger partial charge on any atom is -0.478 e. The summed E-state index contributed by atoms with van der Waals surface area (Å²) in [5, 5.41) is 21.5. The summed E-state index contributed by atoms with van der Waals surface area (Å²) in [5.41, 5.74) is 0.121. The molecule has 1 atom stereocenters. The molecule has 1 aromatic rings. The number of anilines is 1. The van der Waals surface area contributed by atoms with E-state index in [-0.39, 0.29) is 17.8 Å². The number of hydrogen-bond donors (Lipinski definition) is 3. The normalized spacial score (nSPS) is 18.7. The molecule has 0 spiro atoms. The quantitative estimate of drug-likeness (QED) is 0.779. The molecule has 6 nitrogen and oxygen atoms in total. The van der Waals surface area contributed by atoms with Crippen LogP contribution in [0.1, 0.15) is 23.2 Å². The second-order valence-corrected chi connectivity index (χ2v) is 5.10. The van der Waals surface area contributed by atoms with E-state index in [1.165, 1.54) is 23.1 Å². The van der Waals surface area contributed by atoms with Crippen LogP contribution in [0.4, 0.5) is 10.5 Å². The number of rotatable bonds is 2. The van der Waals surface area contributed by atoms with Gasteiger partial charge in [0.05, 0.1) is 17.4 Å². The van der Waals surface area contributed by atoms with Crippen molar-refractivity contribution in [2.75, 3.05) is 18.4 Å². The van der Waals surface area contributed by atoms with E-state index in [9.17, 15) is 14.7 Å². The number of aliphatic hydroxyl groups is 1. The number of nitrogens with zero attached hydrogens (tertiary/aromatic N) is 1. The van der Waals surface area contributed by atoms with Crippen LogP contribution in [0.15, 0.2) is 18.2 Å². The van der Waals surface area contributed by atoms with E-state index < -0.39 is 18.1 Å². The van der Waals surface area contributed by atoms with Gasteiger partial charge in [-0.15, -0.1) is 0 Å². The molecule has 20 heavy (non-hydrogen) atoms. The van der Waals surface area contributed by atoms with E-state index in [0.29, 0.717) is 18.0 Å². The van der Waals surface area contributed by atoms with Crippen LogP contribution in [-0.2, 0) is 0 Å². The lowest BCUT2D eigenvalue weighted by Crippen LogP contribution is -2.44. The summed E-state index contributed by atoms with van der Waals surface area (Å²) in [6.07, 6.45) is 0.852. The van der Waals surface area contributed by atoms with Gasteiger partial charge in [0.15, 0.2) is 0 Å². The van der Waals surface area contributed by atoms with Crippen LogP contribution >= 0.6 is 11.6 Å². The van der Waals surface area contributed by atoms with Gasteiger partial charge in [0.2, 0.25) is 0 Å². The lowest BCUT2D eigenvalue weighted by molar-refractivity contribution is 0.0697. The third kappa shape index (κ3) is 3.40. The topological polar surface area (TPSA) is 89.9 Å². The smallest absolute Gasteiger partial charge is 0.337 e. The Hall–Kier alpha value is -1.79. The van der Waals surface area contributed by atoms with E-state index in [2.05, 4.69) is 5.32 Å². The molecule has 7 heteroatoms. The van der Waals surface area contributed by atoms with Crippen molar-refractivity contribution in [3.05, 3.63) is 28.8 Å². The summed E-state index contributed by atoms with van der Waals surface area (Å²) in [6.45, 7) is 0.778. The van der Waals surface area contributed by atoms with Gasteiger partial charge < -0.3 is 20.4 Å². The number of hydrogen-bond acceptors (Lipinski definition) is 3. The van der Waals surface area contributed by atoms with E-state index >= 15 is 0 Å². The Morgan fingerprint density at radius 3 is 2.80 bits per heavy atom. The molecule has 2 amide bonds. The van der Waals surface area contributed by atoms with Crippen molar-refractivity contribution < 1.29 is 19.8 Å². The maximum absolute atomic E-state index is 12.1. The lowest BCUT2D eigenvalue weighted by atomic mass is 10.1. The average molecular weight is 299 g/mol. The Morgan fingerprint density at radius 2 is 2.15 bits per heavy atom. The van der Waals surface area contributed by atoms with Crippen LogP contribution in [-0.4, -0.2) is 46.3 Å². The molecule has 0 aliphatic carbocycles. The first kappa shape index (κ1) is 14.6. The Balaban J connectivity index is 2.14. The molecule has 1 fully saturated rings. The standard InChI is InChI=1S/C13H15ClN2O4/c14-8-3-4-10(12(18)19)11(6-8)15-13(20)16-5-1-2-9(17)7-16/h3-4,6,9,17H,1-2,5,7H2,(H,15,20)(H,18,19). The molecule has 0 aromatic heterocycles. The number of halogens is 1. The lowest BCUT2D eigenvalue weighted by Gasteiger charge is -2.30. The molecule has 108 valence electrons. The van der Waals surface area contributed by atoms with Gasteiger partial charge >= 0.3 is 12.0 Å². The van der Waals surface area contributed by atoms with Gasteiger partial charge in [-0.3, -0.25) is 0 Å². The number of piperidine rings is 1. The average Bonchev–Trinajstić information content (AvgIpc) is 2.38. The van der Waals surface area contributed by atoms with Gasteiger partial charge in [-0.05, 0) is 31.0 Å². The van der Waals surface area contributed by atoms with Gasteiger partial charge in [0.25, 0.3) is 0 Å². The highest BCUT2D eigenvalue weighted by Crippen LogP contribution is 2.22. The Morgan fingerprint density at radius 1 is 1.40 bits per heavy atom. The van der Waals surface area contributed by atoms with Crippen molar-refractivity contribution in [1.82, 2.24) is 4.90 Å². The fourth-order valence-electron chi connectivity index (χ4n) is 2.14. The number of carboxylic acids is 1. The van der Waals surface area contributed by atoms with E-state index in [1.54, 1.807) is 0 Å². The number of aromatic carboxylic acids is 1. The molecule has 1 aliphatic rings. The predicted octanol–water partition coefficient (Wildman–Crippen LogP) is 2.03. The van der Waals surface area contributed by atoms with Crippen LogP contribution < -0.4 is 5.32 Å². The first-order chi connectivity index (χ1) is 9.47. The fourth-order valence-corrected chi connectivity index (χ4v) is 2.31. The molecular formula is C13H15ClN2O4. The number of benzene rings is 1. The van der Waals surface area contributed by atoms with Crippen molar-refractivity contribution in [3.8, 4) is 0 Å². The van der Waals surface area contributed by atoms with Crippen LogP contribution in [0, 0.1) is 0 Å². The zero-order chi connectivity index (χ0) is 14.7. The van der Waals surface area contributed by atoms with Gasteiger partial charge in [0.1, 0.15) is 0 Å². The number of urea groups is 1. The molecule has 1 aromatic carbocycles. The summed E-state index contributed by atoms with van der Waals surface area (Å²) >= 11 is 5.82. The second kappa shape index (κ2) is 6.11. The third-order valence-corrected chi connectivity index (χ3v) is 3.37. The first-order valence-corrected chi connectivity index (χ1v) is 6.62. The number of nitrogens with one attached hydrogen (secondary N) is 1. The minimum absolute atomic E-state index is 0.0275. The fraction of sp³-hybridized carbons (Fsp3) is 0.385. The van der Waals surface area contributed by atoms with Gasteiger partial charge in [0, 0.05) is 18.1 Å². The van der Waals surface area contributed by atoms with Crippen LogP contribution in [0.5, 0.6) is 0 Å². The molecule has 0 radical (unpaired) electrons. The summed E-state index contributed by atoms with van der Waals surface area (Å²) in [6, 6.07) is 3.74. The minimum atomic E-state index is -1.14. The second-order valence-electron chi connectivity index (χ2n) is 4.67. The molecule has 0 saturated carbocycles. The number of amides is 2. The molecule has 1 aliphatic heterocycles. The molecule has 0 bridgehead atoms. The summed E-state index contributed by atoms with van der Waals surface area (Å²) in [4.78, 5) is 24.6. The zero-order valence-corrected chi connectivity index (χ0v) is 11.4. The SMILES string of the molecule is O=C(O)c1ccc(Cl)cc1NC(=O)N1CCCC(O)C1. The summed E-state index contributed by atoms with van der Waals surface area (Å²) in [5.74, 6) is -1.14. The Kier molecular flexibility index (Phi) is 4.46. The van der Waals surface area contributed by atoms with Crippen molar-refractivity contribution in [2.45, 2.75) is 18.9 Å². The highest BCUT2D eigenvalue weighted by Gasteiger charge is 2.23.